The molecule has 0 unspecified atom stereocenters. The van der Waals surface area contributed by atoms with Crippen LogP contribution >= 0.6 is 11.3 Å². The van der Waals surface area contributed by atoms with Gasteiger partial charge in [0.05, 0.1) is 17.4 Å². The Morgan fingerprint density at radius 2 is 1.79 bits per heavy atom. The number of aliphatic carboxylic acids is 1. The fourth-order valence-corrected chi connectivity index (χ4v) is 6.12. The fraction of sp³-hybridized carbons (Fsp3) is 0.682. The van der Waals surface area contributed by atoms with Gasteiger partial charge in [-0.2, -0.15) is 0 Å². The lowest BCUT2D eigenvalue weighted by Gasteiger charge is -2.27. The van der Waals surface area contributed by atoms with Gasteiger partial charge in [-0.05, 0) is 56.4 Å². The molecule has 3 aliphatic carbocycles. The molecule has 2 amide bonds. The van der Waals surface area contributed by atoms with Crippen LogP contribution in [-0.2, 0) is 22.4 Å². The number of carboxylic acids is 1. The van der Waals surface area contributed by atoms with Crippen molar-refractivity contribution < 1.29 is 19.5 Å². The van der Waals surface area contributed by atoms with Crippen LogP contribution < -0.4 is 10.6 Å². The van der Waals surface area contributed by atoms with Crippen LogP contribution in [0.3, 0.4) is 0 Å². The van der Waals surface area contributed by atoms with Gasteiger partial charge in [0, 0.05) is 10.9 Å². The summed E-state index contributed by atoms with van der Waals surface area (Å²) in [5.41, 5.74) is 1.72. The lowest BCUT2D eigenvalue weighted by Crippen LogP contribution is -2.36. The number of thiophene rings is 1. The molecule has 2 fully saturated rings. The maximum atomic E-state index is 13.0. The zero-order valence-electron chi connectivity index (χ0n) is 17.0. The third kappa shape index (κ3) is 4.34. The van der Waals surface area contributed by atoms with E-state index in [2.05, 4.69) is 17.6 Å². The average molecular weight is 419 g/mol. The molecule has 6 nitrogen and oxygen atoms in total. The number of carboxylic acid groups (broad SMARTS) is 1. The van der Waals surface area contributed by atoms with E-state index in [0.29, 0.717) is 29.3 Å². The zero-order valence-corrected chi connectivity index (χ0v) is 17.8. The zero-order chi connectivity index (χ0) is 20.5. The smallest absolute Gasteiger partial charge is 0.307 e. The van der Waals surface area contributed by atoms with Crippen molar-refractivity contribution in [1.82, 2.24) is 5.32 Å². The lowest BCUT2D eigenvalue weighted by molar-refractivity contribution is -0.147. The van der Waals surface area contributed by atoms with Crippen molar-refractivity contribution in [3.05, 3.63) is 16.0 Å². The molecule has 158 valence electrons. The van der Waals surface area contributed by atoms with Crippen LogP contribution in [0.5, 0.6) is 0 Å². The number of hydrogen-bond donors (Lipinski definition) is 3. The van der Waals surface area contributed by atoms with Crippen molar-refractivity contribution in [3.8, 4) is 0 Å². The summed E-state index contributed by atoms with van der Waals surface area (Å²) >= 11 is 1.52. The first kappa shape index (κ1) is 20.4. The summed E-state index contributed by atoms with van der Waals surface area (Å²) in [7, 11) is 0. The van der Waals surface area contributed by atoms with Crippen molar-refractivity contribution in [2.45, 2.75) is 77.2 Å². The molecule has 0 bridgehead atoms. The van der Waals surface area contributed by atoms with E-state index in [-0.39, 0.29) is 17.9 Å². The van der Waals surface area contributed by atoms with Crippen LogP contribution in [0.25, 0.3) is 0 Å². The van der Waals surface area contributed by atoms with E-state index in [9.17, 15) is 19.5 Å². The van der Waals surface area contributed by atoms with Gasteiger partial charge in [-0.3, -0.25) is 14.4 Å². The molecular weight excluding hydrogens is 388 g/mol. The Bertz CT molecular complexity index is 814. The SMILES string of the molecule is CC[C@@H]1CCc2c(sc(NC(=O)[C@H]3CCCC[C@H]3C(=O)O)c2C(=O)NC2CC2)C1. The molecule has 0 aromatic carbocycles. The van der Waals surface area contributed by atoms with E-state index in [4.69, 9.17) is 0 Å². The predicted molar refractivity (Wildman–Crippen MR) is 112 cm³/mol. The van der Waals surface area contributed by atoms with Gasteiger partial charge in [-0.1, -0.05) is 26.2 Å². The number of anilines is 1. The number of nitrogens with one attached hydrogen (secondary N) is 2. The summed E-state index contributed by atoms with van der Waals surface area (Å²) < 4.78 is 0. The van der Waals surface area contributed by atoms with Gasteiger partial charge in [-0.25, -0.2) is 0 Å². The Hall–Kier alpha value is -1.89. The van der Waals surface area contributed by atoms with Crippen molar-refractivity contribution >= 4 is 34.1 Å². The largest absolute Gasteiger partial charge is 0.481 e. The highest BCUT2D eigenvalue weighted by Crippen LogP contribution is 2.41. The quantitative estimate of drug-likeness (QED) is 0.651. The highest BCUT2D eigenvalue weighted by molar-refractivity contribution is 7.17. The van der Waals surface area contributed by atoms with E-state index in [0.717, 1.165) is 56.9 Å². The minimum Gasteiger partial charge on any atom is -0.481 e. The van der Waals surface area contributed by atoms with Crippen molar-refractivity contribution in [1.29, 1.82) is 0 Å². The summed E-state index contributed by atoms with van der Waals surface area (Å²) in [6.45, 7) is 2.20. The van der Waals surface area contributed by atoms with E-state index in [1.807, 2.05) is 0 Å². The summed E-state index contributed by atoms with van der Waals surface area (Å²) in [6, 6.07) is 0.253. The Morgan fingerprint density at radius 1 is 1.07 bits per heavy atom. The number of fused-ring (bicyclic) bond motifs is 1. The highest BCUT2D eigenvalue weighted by Gasteiger charge is 2.37. The van der Waals surface area contributed by atoms with E-state index in [1.165, 1.54) is 16.2 Å². The normalized spacial score (nSPS) is 26.4. The Kier molecular flexibility index (Phi) is 5.95. The Morgan fingerprint density at radius 3 is 2.45 bits per heavy atom. The monoisotopic (exact) mass is 418 g/mol. The summed E-state index contributed by atoms with van der Waals surface area (Å²) in [4.78, 5) is 38.8. The topological polar surface area (TPSA) is 95.5 Å². The number of amides is 2. The first-order valence-corrected chi connectivity index (χ1v) is 11.8. The molecule has 7 heteroatoms. The minimum absolute atomic E-state index is 0.0892. The second-order valence-corrected chi connectivity index (χ2v) is 9.90. The van der Waals surface area contributed by atoms with Crippen molar-refractivity contribution in [2.75, 3.05) is 5.32 Å². The molecule has 0 radical (unpaired) electrons. The van der Waals surface area contributed by atoms with Gasteiger partial charge >= 0.3 is 5.97 Å². The molecule has 0 spiro atoms. The molecular formula is C22H30N2O4S. The molecule has 2 saturated carbocycles. The first-order chi connectivity index (χ1) is 14.0. The third-order valence-corrected chi connectivity index (χ3v) is 7.91. The molecule has 1 heterocycles. The molecule has 29 heavy (non-hydrogen) atoms. The van der Waals surface area contributed by atoms with Crippen LogP contribution in [0.1, 0.15) is 79.1 Å². The molecule has 3 N–H and O–H groups in total. The summed E-state index contributed by atoms with van der Waals surface area (Å²) in [5, 5.41) is 16.2. The first-order valence-electron chi connectivity index (χ1n) is 11.0. The van der Waals surface area contributed by atoms with E-state index in [1.54, 1.807) is 0 Å². The van der Waals surface area contributed by atoms with Crippen LogP contribution in [0.15, 0.2) is 0 Å². The summed E-state index contributed by atoms with van der Waals surface area (Å²) in [6.07, 6.45) is 8.90. The highest BCUT2D eigenvalue weighted by atomic mass is 32.1. The molecule has 0 saturated heterocycles. The minimum atomic E-state index is -0.896. The maximum absolute atomic E-state index is 13.0. The lowest BCUT2D eigenvalue weighted by atomic mass is 9.78. The number of hydrogen-bond acceptors (Lipinski definition) is 4. The van der Waals surface area contributed by atoms with Gasteiger partial charge in [0.1, 0.15) is 5.00 Å². The van der Waals surface area contributed by atoms with Gasteiger partial charge < -0.3 is 15.7 Å². The van der Waals surface area contributed by atoms with Crippen LogP contribution in [0.2, 0.25) is 0 Å². The predicted octanol–water partition coefficient (Wildman–Crippen LogP) is 3.98. The van der Waals surface area contributed by atoms with Crippen LogP contribution in [0.4, 0.5) is 5.00 Å². The molecule has 1 aromatic heterocycles. The van der Waals surface area contributed by atoms with Crippen LogP contribution in [-0.4, -0.2) is 28.9 Å². The van der Waals surface area contributed by atoms with Gasteiger partial charge in [0.25, 0.3) is 5.91 Å². The van der Waals surface area contributed by atoms with Gasteiger partial charge in [0.15, 0.2) is 0 Å². The average Bonchev–Trinajstić information content (AvgIpc) is 3.45. The van der Waals surface area contributed by atoms with Gasteiger partial charge in [-0.15, -0.1) is 11.3 Å². The third-order valence-electron chi connectivity index (χ3n) is 6.74. The standard InChI is InChI=1S/C22H30N2O4S/c1-2-12-7-10-16-17(11-12)29-21(18(16)20(26)23-13-8-9-13)24-19(25)14-5-3-4-6-15(14)22(27)28/h12-15H,2-11H2,1H3,(H,23,26)(H,24,25)(H,27,28)/t12-,14+,15-/m1/s1. The second kappa shape index (κ2) is 8.46. The molecule has 3 atom stereocenters. The second-order valence-electron chi connectivity index (χ2n) is 8.80. The fourth-order valence-electron chi connectivity index (χ4n) is 4.76. The maximum Gasteiger partial charge on any atom is 0.307 e. The molecule has 3 aliphatic rings. The van der Waals surface area contributed by atoms with Crippen molar-refractivity contribution in [2.24, 2.45) is 17.8 Å². The molecule has 0 aliphatic heterocycles. The van der Waals surface area contributed by atoms with E-state index < -0.39 is 17.8 Å². The number of rotatable bonds is 6. The Labute approximate surface area is 175 Å². The number of carbonyl (C=O) groups is 3. The summed E-state index contributed by atoms with van der Waals surface area (Å²) in [5.74, 6) is -1.77. The van der Waals surface area contributed by atoms with Crippen LogP contribution in [0, 0.1) is 17.8 Å². The Balaban J connectivity index is 1.60. The molecule has 1 aromatic rings. The number of carbonyl (C=O) groups excluding carboxylic acids is 2. The van der Waals surface area contributed by atoms with Gasteiger partial charge in [0.2, 0.25) is 5.91 Å². The van der Waals surface area contributed by atoms with Crippen molar-refractivity contribution in [3.63, 3.8) is 0 Å². The molecule has 4 rings (SSSR count). The van der Waals surface area contributed by atoms with E-state index >= 15 is 0 Å².